The van der Waals surface area contributed by atoms with E-state index in [9.17, 15) is 13.6 Å². The summed E-state index contributed by atoms with van der Waals surface area (Å²) in [5.74, 6) is -3.25. The molecule has 21 heavy (non-hydrogen) atoms. The third-order valence-electron chi connectivity index (χ3n) is 3.10. The molecule has 1 aromatic heterocycles. The lowest BCUT2D eigenvalue weighted by molar-refractivity contribution is 0.0594. The van der Waals surface area contributed by atoms with Crippen molar-refractivity contribution in [1.29, 1.82) is 0 Å². The van der Waals surface area contributed by atoms with Crippen LogP contribution in [0.4, 0.5) is 14.5 Å². The number of benzene rings is 1. The van der Waals surface area contributed by atoms with Crippen LogP contribution >= 0.6 is 0 Å². The lowest BCUT2D eigenvalue weighted by Crippen LogP contribution is -2.09. The smallest absolute Gasteiger partial charge is 0.340 e. The van der Waals surface area contributed by atoms with Gasteiger partial charge in [0, 0.05) is 18.9 Å². The van der Waals surface area contributed by atoms with Gasteiger partial charge < -0.3 is 10.1 Å². The molecule has 0 atom stereocenters. The number of methoxy groups -OCH3 is 1. The summed E-state index contributed by atoms with van der Waals surface area (Å²) >= 11 is 0. The molecule has 110 valence electrons. The van der Waals surface area contributed by atoms with Gasteiger partial charge in [0.15, 0.2) is 11.6 Å². The van der Waals surface area contributed by atoms with Crippen LogP contribution in [0.15, 0.2) is 30.6 Å². The molecule has 2 aromatic rings. The number of aromatic nitrogens is 1. The summed E-state index contributed by atoms with van der Waals surface area (Å²) in [6.45, 7) is 2.20. The van der Waals surface area contributed by atoms with Crippen LogP contribution < -0.4 is 5.32 Å². The number of nitrogens with one attached hydrogen (secondary N) is 1. The summed E-state index contributed by atoms with van der Waals surface area (Å²) < 4.78 is 32.1. The minimum atomic E-state index is -1.23. The molecule has 1 heterocycles. The van der Waals surface area contributed by atoms with Gasteiger partial charge in [-0.25, -0.2) is 13.6 Å². The Bertz CT molecular complexity index is 675. The van der Waals surface area contributed by atoms with Gasteiger partial charge in [0.2, 0.25) is 0 Å². The predicted molar refractivity (Wildman–Crippen MR) is 74.0 cm³/mol. The first kappa shape index (κ1) is 14.9. The van der Waals surface area contributed by atoms with Crippen molar-refractivity contribution < 1.29 is 18.3 Å². The Morgan fingerprint density at radius 2 is 2.05 bits per heavy atom. The molecular formula is C15H14F2N2O2. The number of hydrogen-bond acceptors (Lipinski definition) is 4. The van der Waals surface area contributed by atoms with Gasteiger partial charge in [-0.15, -0.1) is 0 Å². The van der Waals surface area contributed by atoms with Gasteiger partial charge in [-0.3, -0.25) is 4.98 Å². The summed E-state index contributed by atoms with van der Waals surface area (Å²) in [5, 5.41) is 2.79. The maximum absolute atomic E-state index is 13.9. The van der Waals surface area contributed by atoms with E-state index in [1.54, 1.807) is 12.4 Å². The van der Waals surface area contributed by atoms with Crippen molar-refractivity contribution in [3.05, 3.63) is 58.9 Å². The molecule has 0 aliphatic heterocycles. The number of rotatable bonds is 4. The van der Waals surface area contributed by atoms with Gasteiger partial charge in [-0.05, 0) is 36.2 Å². The van der Waals surface area contributed by atoms with Gasteiger partial charge in [-0.1, -0.05) is 0 Å². The average molecular weight is 292 g/mol. The number of ether oxygens (including phenoxy) is 1. The number of hydrogen-bond donors (Lipinski definition) is 1. The first-order valence-corrected chi connectivity index (χ1v) is 6.24. The molecule has 0 unspecified atom stereocenters. The molecule has 0 aliphatic rings. The largest absolute Gasteiger partial charge is 0.465 e. The molecule has 0 radical (unpaired) electrons. The van der Waals surface area contributed by atoms with Crippen molar-refractivity contribution >= 4 is 11.7 Å². The molecule has 6 heteroatoms. The zero-order chi connectivity index (χ0) is 15.4. The van der Waals surface area contributed by atoms with E-state index in [0.29, 0.717) is 6.54 Å². The molecular weight excluding hydrogens is 278 g/mol. The molecule has 4 nitrogen and oxygen atoms in total. The van der Waals surface area contributed by atoms with Crippen LogP contribution in [0.3, 0.4) is 0 Å². The predicted octanol–water partition coefficient (Wildman–Crippen LogP) is 3.07. The fraction of sp³-hybridized carbons (Fsp3) is 0.200. The quantitative estimate of drug-likeness (QED) is 0.880. The lowest BCUT2D eigenvalue weighted by atomic mass is 10.1. The van der Waals surface area contributed by atoms with Crippen molar-refractivity contribution in [2.45, 2.75) is 13.5 Å². The van der Waals surface area contributed by atoms with Crippen molar-refractivity contribution in [3.8, 4) is 0 Å². The number of esters is 1. The van der Waals surface area contributed by atoms with Crippen LogP contribution in [-0.2, 0) is 11.3 Å². The Morgan fingerprint density at radius 3 is 2.71 bits per heavy atom. The molecule has 2 rings (SSSR count). The molecule has 0 spiro atoms. The monoisotopic (exact) mass is 292 g/mol. The normalized spacial score (nSPS) is 10.3. The number of aryl methyl sites for hydroxylation is 1. The first-order valence-electron chi connectivity index (χ1n) is 6.24. The maximum Gasteiger partial charge on any atom is 0.340 e. The highest BCUT2D eigenvalue weighted by Gasteiger charge is 2.18. The zero-order valence-electron chi connectivity index (χ0n) is 11.6. The SMILES string of the molecule is COC(=O)c1ccc(NCc2cnccc2C)c(F)c1F. The average Bonchev–Trinajstić information content (AvgIpc) is 2.49. The van der Waals surface area contributed by atoms with Gasteiger partial charge in [0.1, 0.15) is 0 Å². The van der Waals surface area contributed by atoms with E-state index in [1.165, 1.54) is 12.1 Å². The van der Waals surface area contributed by atoms with E-state index in [2.05, 4.69) is 15.0 Å². The van der Waals surface area contributed by atoms with Gasteiger partial charge >= 0.3 is 5.97 Å². The van der Waals surface area contributed by atoms with Crippen LogP contribution in [0.5, 0.6) is 0 Å². The molecule has 0 saturated carbocycles. The van der Waals surface area contributed by atoms with Crippen LogP contribution in [0.2, 0.25) is 0 Å². The van der Waals surface area contributed by atoms with Gasteiger partial charge in [0.25, 0.3) is 0 Å². The summed E-state index contributed by atoms with van der Waals surface area (Å²) in [5.41, 5.74) is 1.40. The van der Waals surface area contributed by atoms with Crippen LogP contribution in [0.25, 0.3) is 0 Å². The van der Waals surface area contributed by atoms with Crippen molar-refractivity contribution in [1.82, 2.24) is 4.98 Å². The second-order valence-electron chi connectivity index (χ2n) is 4.44. The fourth-order valence-corrected chi connectivity index (χ4v) is 1.83. The molecule has 0 aliphatic carbocycles. The Kier molecular flexibility index (Phi) is 4.47. The zero-order valence-corrected chi connectivity index (χ0v) is 11.6. The number of anilines is 1. The fourth-order valence-electron chi connectivity index (χ4n) is 1.83. The van der Waals surface area contributed by atoms with E-state index in [0.717, 1.165) is 18.2 Å². The second kappa shape index (κ2) is 6.30. The molecule has 0 fully saturated rings. The van der Waals surface area contributed by atoms with Crippen LogP contribution in [0, 0.1) is 18.6 Å². The third kappa shape index (κ3) is 3.16. The number of carbonyl (C=O) groups is 1. The molecule has 0 bridgehead atoms. The Labute approximate surface area is 120 Å². The minimum Gasteiger partial charge on any atom is -0.465 e. The molecule has 1 aromatic carbocycles. The Morgan fingerprint density at radius 1 is 1.29 bits per heavy atom. The van der Waals surface area contributed by atoms with E-state index >= 15 is 0 Å². The molecule has 0 saturated heterocycles. The summed E-state index contributed by atoms with van der Waals surface area (Å²) in [7, 11) is 1.11. The van der Waals surface area contributed by atoms with Crippen molar-refractivity contribution in [3.63, 3.8) is 0 Å². The lowest BCUT2D eigenvalue weighted by Gasteiger charge is -2.11. The minimum absolute atomic E-state index is 0.0246. The van der Waals surface area contributed by atoms with Crippen LogP contribution in [-0.4, -0.2) is 18.1 Å². The first-order chi connectivity index (χ1) is 10.0. The van der Waals surface area contributed by atoms with Crippen LogP contribution in [0.1, 0.15) is 21.5 Å². The highest BCUT2D eigenvalue weighted by Crippen LogP contribution is 2.22. The van der Waals surface area contributed by atoms with Gasteiger partial charge in [0.05, 0.1) is 18.4 Å². The van der Waals surface area contributed by atoms with E-state index < -0.39 is 23.2 Å². The number of pyridine rings is 1. The van der Waals surface area contributed by atoms with E-state index in [-0.39, 0.29) is 5.69 Å². The van der Waals surface area contributed by atoms with E-state index in [4.69, 9.17) is 0 Å². The topological polar surface area (TPSA) is 51.2 Å². The number of nitrogens with zero attached hydrogens (tertiary/aromatic N) is 1. The summed E-state index contributed by atoms with van der Waals surface area (Å²) in [6.07, 6.45) is 3.31. The highest BCUT2D eigenvalue weighted by atomic mass is 19.2. The standard InChI is InChI=1S/C15H14F2N2O2/c1-9-5-6-18-7-10(9)8-19-12-4-3-11(15(20)21-2)13(16)14(12)17/h3-7,19H,8H2,1-2H3. The Hall–Kier alpha value is -2.50. The highest BCUT2D eigenvalue weighted by molar-refractivity contribution is 5.90. The summed E-state index contributed by atoms with van der Waals surface area (Å²) in [4.78, 5) is 15.2. The van der Waals surface area contributed by atoms with Crippen molar-refractivity contribution in [2.75, 3.05) is 12.4 Å². The van der Waals surface area contributed by atoms with E-state index in [1.807, 2.05) is 13.0 Å². The van der Waals surface area contributed by atoms with Gasteiger partial charge in [-0.2, -0.15) is 0 Å². The summed E-state index contributed by atoms with van der Waals surface area (Å²) in [6, 6.07) is 4.31. The second-order valence-corrected chi connectivity index (χ2v) is 4.44. The number of halogens is 2. The van der Waals surface area contributed by atoms with Crippen molar-refractivity contribution in [2.24, 2.45) is 0 Å². The molecule has 1 N–H and O–H groups in total. The molecule has 0 amide bonds. The maximum atomic E-state index is 13.9. The Balaban J connectivity index is 2.20. The number of carbonyl (C=O) groups excluding carboxylic acids is 1. The third-order valence-corrected chi connectivity index (χ3v) is 3.10.